The van der Waals surface area contributed by atoms with Gasteiger partial charge in [0.2, 0.25) is 0 Å². The fraction of sp³-hybridized carbons (Fsp3) is 0.316. The molecule has 0 spiro atoms. The van der Waals surface area contributed by atoms with Gasteiger partial charge in [0.05, 0.1) is 11.7 Å². The Bertz CT molecular complexity index is 741. The molecular formula is C19H19ClN2O2. The second kappa shape index (κ2) is 6.46. The van der Waals surface area contributed by atoms with E-state index in [4.69, 9.17) is 16.3 Å². The standard InChI is InChI=1S/C19H19ClN2O2/c20-14-9-7-13(8-10-14)18-21-17-6-2-1-5-16(17)19(23)22(18)12-15-4-3-11-24-15/h1-2,5-10,15,18,21H,3-4,11-12H2/t15-,18-/m1/s1. The second-order valence-electron chi connectivity index (χ2n) is 6.24. The molecule has 1 amide bonds. The fourth-order valence-electron chi connectivity index (χ4n) is 3.40. The molecule has 0 unspecified atom stereocenters. The predicted molar refractivity (Wildman–Crippen MR) is 94.3 cm³/mol. The third-order valence-corrected chi connectivity index (χ3v) is 4.88. The van der Waals surface area contributed by atoms with Crippen molar-refractivity contribution in [2.75, 3.05) is 18.5 Å². The lowest BCUT2D eigenvalue weighted by atomic mass is 10.0. The first-order chi connectivity index (χ1) is 11.7. The molecular weight excluding hydrogens is 324 g/mol. The van der Waals surface area contributed by atoms with Crippen LogP contribution in [0.3, 0.4) is 0 Å². The normalized spacial score (nSPS) is 23.0. The summed E-state index contributed by atoms with van der Waals surface area (Å²) in [6, 6.07) is 15.3. The zero-order chi connectivity index (χ0) is 16.5. The van der Waals surface area contributed by atoms with E-state index in [-0.39, 0.29) is 18.2 Å². The highest BCUT2D eigenvalue weighted by molar-refractivity contribution is 6.30. The lowest BCUT2D eigenvalue weighted by molar-refractivity contribution is 0.0427. The van der Waals surface area contributed by atoms with Crippen molar-refractivity contribution in [2.24, 2.45) is 0 Å². The lowest BCUT2D eigenvalue weighted by Crippen LogP contribution is -2.46. The first kappa shape index (κ1) is 15.5. The summed E-state index contributed by atoms with van der Waals surface area (Å²) in [5, 5.41) is 4.18. The third kappa shape index (κ3) is 2.87. The first-order valence-electron chi connectivity index (χ1n) is 8.26. The number of hydrogen-bond acceptors (Lipinski definition) is 3. The van der Waals surface area contributed by atoms with Crippen LogP contribution in [0.4, 0.5) is 5.69 Å². The Morgan fingerprint density at radius 2 is 1.96 bits per heavy atom. The molecule has 0 bridgehead atoms. The van der Waals surface area contributed by atoms with Gasteiger partial charge < -0.3 is 15.0 Å². The monoisotopic (exact) mass is 342 g/mol. The van der Waals surface area contributed by atoms with Gasteiger partial charge in [0.15, 0.2) is 0 Å². The Morgan fingerprint density at radius 3 is 2.71 bits per heavy atom. The zero-order valence-corrected chi connectivity index (χ0v) is 14.0. The van der Waals surface area contributed by atoms with Crippen molar-refractivity contribution in [1.82, 2.24) is 4.90 Å². The van der Waals surface area contributed by atoms with Crippen molar-refractivity contribution < 1.29 is 9.53 Å². The summed E-state index contributed by atoms with van der Waals surface area (Å²) < 4.78 is 5.75. The molecule has 2 heterocycles. The number of halogens is 1. The van der Waals surface area contributed by atoms with Gasteiger partial charge in [-0.15, -0.1) is 0 Å². The summed E-state index contributed by atoms with van der Waals surface area (Å²) >= 11 is 6.01. The molecule has 0 radical (unpaired) electrons. The molecule has 2 atom stereocenters. The second-order valence-corrected chi connectivity index (χ2v) is 6.67. The molecule has 24 heavy (non-hydrogen) atoms. The van der Waals surface area contributed by atoms with Gasteiger partial charge in [0.25, 0.3) is 5.91 Å². The number of nitrogens with one attached hydrogen (secondary N) is 1. The smallest absolute Gasteiger partial charge is 0.257 e. The van der Waals surface area contributed by atoms with Crippen LogP contribution in [0.2, 0.25) is 5.02 Å². The zero-order valence-electron chi connectivity index (χ0n) is 13.2. The van der Waals surface area contributed by atoms with Crippen molar-refractivity contribution in [3.8, 4) is 0 Å². The van der Waals surface area contributed by atoms with Crippen LogP contribution in [0.15, 0.2) is 48.5 Å². The van der Waals surface area contributed by atoms with Crippen molar-refractivity contribution in [3.05, 3.63) is 64.7 Å². The fourth-order valence-corrected chi connectivity index (χ4v) is 3.52. The van der Waals surface area contributed by atoms with Gasteiger partial charge >= 0.3 is 0 Å². The minimum absolute atomic E-state index is 0.0415. The van der Waals surface area contributed by atoms with Gasteiger partial charge in [-0.05, 0) is 42.7 Å². The Hall–Kier alpha value is -2.04. The van der Waals surface area contributed by atoms with Gasteiger partial charge in [0.1, 0.15) is 6.17 Å². The van der Waals surface area contributed by atoms with E-state index >= 15 is 0 Å². The van der Waals surface area contributed by atoms with Crippen LogP contribution in [0, 0.1) is 0 Å². The number of ether oxygens (including phenoxy) is 1. The largest absolute Gasteiger partial charge is 0.376 e. The SMILES string of the molecule is O=C1c2ccccc2N[C@@H](c2ccc(Cl)cc2)N1C[C@H]1CCCO1. The maximum absolute atomic E-state index is 13.1. The number of hydrogen-bond donors (Lipinski definition) is 1. The number of carbonyl (C=O) groups excluding carboxylic acids is 1. The average molecular weight is 343 g/mol. The van der Waals surface area contributed by atoms with E-state index in [1.165, 1.54) is 0 Å². The molecule has 2 aliphatic rings. The maximum atomic E-state index is 13.1. The van der Waals surface area contributed by atoms with Gasteiger partial charge in [-0.1, -0.05) is 35.9 Å². The Balaban J connectivity index is 1.70. The molecule has 2 aromatic rings. The molecule has 4 rings (SSSR count). The van der Waals surface area contributed by atoms with Gasteiger partial charge in [0, 0.05) is 23.9 Å². The lowest BCUT2D eigenvalue weighted by Gasteiger charge is -2.39. The van der Waals surface area contributed by atoms with Crippen molar-refractivity contribution in [2.45, 2.75) is 25.1 Å². The van der Waals surface area contributed by atoms with Gasteiger partial charge in [-0.3, -0.25) is 4.79 Å². The third-order valence-electron chi connectivity index (χ3n) is 4.63. The van der Waals surface area contributed by atoms with Crippen LogP contribution in [-0.4, -0.2) is 30.1 Å². The van der Waals surface area contributed by atoms with E-state index in [1.807, 2.05) is 53.4 Å². The van der Waals surface area contributed by atoms with E-state index in [1.54, 1.807) is 0 Å². The molecule has 1 saturated heterocycles. The Labute approximate surface area is 146 Å². The molecule has 0 saturated carbocycles. The predicted octanol–water partition coefficient (Wildman–Crippen LogP) is 4.09. The number of benzene rings is 2. The van der Waals surface area contributed by atoms with Crippen LogP contribution in [0.25, 0.3) is 0 Å². The highest BCUT2D eigenvalue weighted by Crippen LogP contribution is 2.34. The molecule has 0 aromatic heterocycles. The molecule has 2 aliphatic heterocycles. The van der Waals surface area contributed by atoms with Crippen LogP contribution in [0.5, 0.6) is 0 Å². The average Bonchev–Trinajstić information content (AvgIpc) is 3.11. The Kier molecular flexibility index (Phi) is 4.17. The first-order valence-corrected chi connectivity index (χ1v) is 8.64. The topological polar surface area (TPSA) is 41.6 Å². The molecule has 1 N–H and O–H groups in total. The van der Waals surface area contributed by atoms with Crippen molar-refractivity contribution >= 4 is 23.2 Å². The van der Waals surface area contributed by atoms with E-state index in [9.17, 15) is 4.79 Å². The molecule has 5 heteroatoms. The number of nitrogens with zero attached hydrogens (tertiary/aromatic N) is 1. The summed E-state index contributed by atoms with van der Waals surface area (Å²) in [6.45, 7) is 1.37. The molecule has 1 fully saturated rings. The van der Waals surface area contributed by atoms with E-state index in [2.05, 4.69) is 5.32 Å². The van der Waals surface area contributed by atoms with Crippen LogP contribution in [0.1, 0.15) is 34.9 Å². The summed E-state index contributed by atoms with van der Waals surface area (Å²) in [4.78, 5) is 14.9. The maximum Gasteiger partial charge on any atom is 0.257 e. The number of rotatable bonds is 3. The summed E-state index contributed by atoms with van der Waals surface area (Å²) in [7, 11) is 0. The van der Waals surface area contributed by atoms with E-state index in [0.717, 1.165) is 30.7 Å². The van der Waals surface area contributed by atoms with Gasteiger partial charge in [-0.25, -0.2) is 0 Å². The minimum Gasteiger partial charge on any atom is -0.376 e. The van der Waals surface area contributed by atoms with E-state index in [0.29, 0.717) is 17.1 Å². The number of amides is 1. The van der Waals surface area contributed by atoms with Crippen molar-refractivity contribution in [3.63, 3.8) is 0 Å². The molecule has 124 valence electrons. The van der Waals surface area contributed by atoms with Crippen LogP contribution in [-0.2, 0) is 4.74 Å². The molecule has 2 aromatic carbocycles. The number of para-hydroxylation sites is 1. The highest BCUT2D eigenvalue weighted by Gasteiger charge is 2.35. The number of anilines is 1. The summed E-state index contributed by atoms with van der Waals surface area (Å²) in [5.41, 5.74) is 2.59. The number of fused-ring (bicyclic) bond motifs is 1. The quantitative estimate of drug-likeness (QED) is 0.913. The Morgan fingerprint density at radius 1 is 1.17 bits per heavy atom. The number of carbonyl (C=O) groups is 1. The summed E-state index contributed by atoms with van der Waals surface area (Å²) in [5.74, 6) is 0.0415. The van der Waals surface area contributed by atoms with Gasteiger partial charge in [-0.2, -0.15) is 0 Å². The molecule has 0 aliphatic carbocycles. The van der Waals surface area contributed by atoms with Crippen LogP contribution < -0.4 is 5.32 Å². The van der Waals surface area contributed by atoms with E-state index < -0.39 is 0 Å². The van der Waals surface area contributed by atoms with Crippen molar-refractivity contribution in [1.29, 1.82) is 0 Å². The summed E-state index contributed by atoms with van der Waals surface area (Å²) in [6.07, 6.45) is 1.95. The minimum atomic E-state index is -0.214. The molecule has 4 nitrogen and oxygen atoms in total. The highest BCUT2D eigenvalue weighted by atomic mass is 35.5. The van der Waals surface area contributed by atoms with Crippen LogP contribution >= 0.6 is 11.6 Å².